The largest absolute Gasteiger partial charge is 0.416 e. The van der Waals surface area contributed by atoms with Gasteiger partial charge in [0.2, 0.25) is 0 Å². The van der Waals surface area contributed by atoms with E-state index in [0.717, 1.165) is 18.9 Å². The Hall–Kier alpha value is -1.72. The first-order valence-electron chi connectivity index (χ1n) is 6.13. The van der Waals surface area contributed by atoms with Crippen LogP contribution in [0, 0.1) is 0 Å². The molecule has 1 fully saturated rings. The van der Waals surface area contributed by atoms with Gasteiger partial charge in [0.05, 0.1) is 11.6 Å². The first kappa shape index (κ1) is 13.7. The molecule has 6 heteroatoms. The van der Waals surface area contributed by atoms with Gasteiger partial charge in [-0.3, -0.25) is 0 Å². The molecule has 0 bridgehead atoms. The minimum atomic E-state index is -4.42. The van der Waals surface area contributed by atoms with Crippen LogP contribution in [0.2, 0.25) is 0 Å². The number of halogens is 3. The summed E-state index contributed by atoms with van der Waals surface area (Å²) in [7, 11) is 0. The maximum atomic E-state index is 13.0. The van der Waals surface area contributed by atoms with Crippen LogP contribution in [0.1, 0.15) is 36.4 Å². The maximum absolute atomic E-state index is 13.0. The minimum Gasteiger partial charge on any atom is -0.351 e. The third kappa shape index (κ3) is 2.83. The van der Waals surface area contributed by atoms with Gasteiger partial charge in [0.25, 0.3) is 0 Å². The van der Waals surface area contributed by atoms with E-state index in [0.29, 0.717) is 13.0 Å². The van der Waals surface area contributed by atoms with Crippen LogP contribution in [0.15, 0.2) is 24.3 Å². The van der Waals surface area contributed by atoms with Crippen molar-refractivity contribution < 1.29 is 18.0 Å². The topological polar surface area (TPSA) is 46.3 Å². The van der Waals surface area contributed by atoms with Crippen molar-refractivity contribution in [2.45, 2.75) is 31.5 Å². The molecule has 1 atom stereocenters. The molecule has 1 saturated heterocycles. The Morgan fingerprint density at radius 3 is 2.58 bits per heavy atom. The molecule has 0 saturated carbocycles. The fourth-order valence-corrected chi connectivity index (χ4v) is 2.56. The average Bonchev–Trinajstić information content (AvgIpc) is 2.37. The second-order valence-corrected chi connectivity index (χ2v) is 4.63. The van der Waals surface area contributed by atoms with E-state index >= 15 is 0 Å². The average molecular weight is 272 g/mol. The van der Waals surface area contributed by atoms with E-state index in [9.17, 15) is 18.0 Å². The summed E-state index contributed by atoms with van der Waals surface area (Å²) in [5, 5.41) is 0. The number of hydrogen-bond donors (Lipinski definition) is 1. The number of likely N-dealkylation sites (tertiary alicyclic amines) is 1. The third-order valence-corrected chi connectivity index (χ3v) is 3.41. The molecule has 1 unspecified atom stereocenters. The maximum Gasteiger partial charge on any atom is 0.416 e. The fraction of sp³-hybridized carbons (Fsp3) is 0.462. The van der Waals surface area contributed by atoms with Crippen LogP contribution in [0.5, 0.6) is 0 Å². The number of primary amides is 1. The molecule has 0 aromatic heterocycles. The molecule has 1 heterocycles. The smallest absolute Gasteiger partial charge is 0.351 e. The van der Waals surface area contributed by atoms with Crippen molar-refractivity contribution >= 4 is 6.03 Å². The number of piperidine rings is 1. The highest BCUT2D eigenvalue weighted by atomic mass is 19.4. The molecule has 0 radical (unpaired) electrons. The lowest BCUT2D eigenvalue weighted by Crippen LogP contribution is -2.42. The molecule has 3 nitrogen and oxygen atoms in total. The van der Waals surface area contributed by atoms with Gasteiger partial charge in [0.1, 0.15) is 0 Å². The zero-order valence-electron chi connectivity index (χ0n) is 10.3. The summed E-state index contributed by atoms with van der Waals surface area (Å²) in [5.41, 5.74) is 4.71. The van der Waals surface area contributed by atoms with Crippen LogP contribution in [0.4, 0.5) is 18.0 Å². The van der Waals surface area contributed by atoms with E-state index in [1.165, 1.54) is 17.0 Å². The van der Waals surface area contributed by atoms with Gasteiger partial charge >= 0.3 is 12.2 Å². The molecule has 0 spiro atoms. The zero-order chi connectivity index (χ0) is 14.0. The van der Waals surface area contributed by atoms with Crippen LogP contribution in [-0.2, 0) is 6.18 Å². The molecule has 104 valence electrons. The summed E-state index contributed by atoms with van der Waals surface area (Å²) in [6, 6.07) is 4.13. The van der Waals surface area contributed by atoms with Gasteiger partial charge in [-0.1, -0.05) is 18.2 Å². The van der Waals surface area contributed by atoms with Crippen molar-refractivity contribution in [2.75, 3.05) is 6.54 Å². The van der Waals surface area contributed by atoms with Gasteiger partial charge in [-0.05, 0) is 30.9 Å². The Bertz CT molecular complexity index is 473. The lowest BCUT2D eigenvalue weighted by atomic mass is 9.92. The molecule has 1 aliphatic heterocycles. The highest BCUT2D eigenvalue weighted by molar-refractivity contribution is 5.72. The molecule has 1 aromatic carbocycles. The van der Waals surface area contributed by atoms with Crippen LogP contribution in [0.25, 0.3) is 0 Å². The predicted molar refractivity (Wildman–Crippen MR) is 64.3 cm³/mol. The van der Waals surface area contributed by atoms with Gasteiger partial charge in [0, 0.05) is 6.54 Å². The minimum absolute atomic E-state index is 0.133. The molecule has 2 rings (SSSR count). The van der Waals surface area contributed by atoms with Crippen molar-refractivity contribution in [3.05, 3.63) is 35.4 Å². The molecule has 1 aromatic rings. The quantitative estimate of drug-likeness (QED) is 0.837. The summed E-state index contributed by atoms with van der Waals surface area (Å²) >= 11 is 0. The van der Waals surface area contributed by atoms with Crippen molar-refractivity contribution in [1.29, 1.82) is 0 Å². The number of amides is 2. The lowest BCUT2D eigenvalue weighted by molar-refractivity contribution is -0.138. The van der Waals surface area contributed by atoms with Crippen molar-refractivity contribution in [3.8, 4) is 0 Å². The van der Waals surface area contributed by atoms with Crippen molar-refractivity contribution in [1.82, 2.24) is 4.90 Å². The molecular formula is C13H15F3N2O. The van der Waals surface area contributed by atoms with E-state index in [1.807, 2.05) is 0 Å². The molecule has 2 N–H and O–H groups in total. The first-order chi connectivity index (χ1) is 8.91. The molecule has 0 aliphatic carbocycles. The number of carbonyl (C=O) groups is 1. The first-order valence-corrected chi connectivity index (χ1v) is 6.13. The normalized spacial score (nSPS) is 20.4. The summed E-state index contributed by atoms with van der Waals surface area (Å²) in [6.07, 6.45) is -2.35. The van der Waals surface area contributed by atoms with Crippen molar-refractivity contribution in [2.24, 2.45) is 5.73 Å². The lowest BCUT2D eigenvalue weighted by Gasteiger charge is -2.35. The Balaban J connectivity index is 2.42. The highest BCUT2D eigenvalue weighted by Gasteiger charge is 2.37. The van der Waals surface area contributed by atoms with E-state index in [-0.39, 0.29) is 5.56 Å². The summed E-state index contributed by atoms with van der Waals surface area (Å²) in [5.74, 6) is 0. The number of urea groups is 1. The second-order valence-electron chi connectivity index (χ2n) is 4.63. The van der Waals surface area contributed by atoms with E-state index in [1.54, 1.807) is 6.07 Å². The Kier molecular flexibility index (Phi) is 3.68. The van der Waals surface area contributed by atoms with E-state index < -0.39 is 23.8 Å². The Morgan fingerprint density at radius 1 is 1.26 bits per heavy atom. The van der Waals surface area contributed by atoms with Gasteiger partial charge in [0.15, 0.2) is 0 Å². The van der Waals surface area contributed by atoms with E-state index in [2.05, 4.69) is 0 Å². The van der Waals surface area contributed by atoms with Gasteiger partial charge in [-0.2, -0.15) is 13.2 Å². The summed E-state index contributed by atoms with van der Waals surface area (Å²) < 4.78 is 39.0. The number of nitrogens with zero attached hydrogens (tertiary/aromatic N) is 1. The number of hydrogen-bond acceptors (Lipinski definition) is 1. The monoisotopic (exact) mass is 272 g/mol. The predicted octanol–water partition coefficient (Wildman–Crippen LogP) is 3.31. The summed E-state index contributed by atoms with van der Waals surface area (Å²) in [6.45, 7) is 0.409. The number of rotatable bonds is 1. The van der Waals surface area contributed by atoms with E-state index in [4.69, 9.17) is 5.73 Å². The number of nitrogens with two attached hydrogens (primary N) is 1. The Labute approximate surface area is 109 Å². The highest BCUT2D eigenvalue weighted by Crippen LogP contribution is 2.39. The SMILES string of the molecule is NC(=O)N1CCCCC1c1ccccc1C(F)(F)F. The molecule has 1 aliphatic rings. The van der Waals surface area contributed by atoms with Crippen LogP contribution >= 0.6 is 0 Å². The molecule has 19 heavy (non-hydrogen) atoms. The van der Waals surface area contributed by atoms with Crippen LogP contribution in [0.3, 0.4) is 0 Å². The number of benzene rings is 1. The fourth-order valence-electron chi connectivity index (χ4n) is 2.56. The van der Waals surface area contributed by atoms with Gasteiger partial charge in [-0.25, -0.2) is 4.79 Å². The number of alkyl halides is 3. The Morgan fingerprint density at radius 2 is 1.95 bits per heavy atom. The second kappa shape index (κ2) is 5.11. The summed E-state index contributed by atoms with van der Waals surface area (Å²) in [4.78, 5) is 12.7. The molecule has 2 amide bonds. The standard InChI is InChI=1S/C13H15F3N2O/c14-13(15,16)10-6-2-1-5-9(10)11-7-3-4-8-18(11)12(17)19/h1-2,5-6,11H,3-4,7-8H2,(H2,17,19). The van der Waals surface area contributed by atoms with Crippen LogP contribution in [-0.4, -0.2) is 17.5 Å². The van der Waals surface area contributed by atoms with Crippen LogP contribution < -0.4 is 5.73 Å². The third-order valence-electron chi connectivity index (χ3n) is 3.41. The van der Waals surface area contributed by atoms with Crippen molar-refractivity contribution in [3.63, 3.8) is 0 Å². The van der Waals surface area contributed by atoms with Gasteiger partial charge in [-0.15, -0.1) is 0 Å². The zero-order valence-corrected chi connectivity index (χ0v) is 10.3. The molecular weight excluding hydrogens is 257 g/mol. The van der Waals surface area contributed by atoms with Gasteiger partial charge < -0.3 is 10.6 Å². The number of carbonyl (C=O) groups excluding carboxylic acids is 1.